The molecule has 0 saturated heterocycles. The Morgan fingerprint density at radius 3 is 2.57 bits per heavy atom. The first-order valence-electron chi connectivity index (χ1n) is 7.02. The lowest BCUT2D eigenvalue weighted by Gasteiger charge is -2.10. The minimum absolute atomic E-state index is 0.0963. The third-order valence-corrected chi connectivity index (χ3v) is 2.95. The molecular weight excluding hydrogens is 270 g/mol. The Bertz CT molecular complexity index is 489. The average molecular weight is 294 g/mol. The maximum absolute atomic E-state index is 11.5. The maximum Gasteiger partial charge on any atom is 0.275 e. The van der Waals surface area contributed by atoms with Crippen LogP contribution in [0.5, 0.6) is 5.75 Å². The lowest BCUT2D eigenvalue weighted by Crippen LogP contribution is -2.88. The van der Waals surface area contributed by atoms with Crippen LogP contribution in [-0.4, -0.2) is 45.1 Å². The summed E-state index contributed by atoms with van der Waals surface area (Å²) in [5.74, 6) is 0.630. The third kappa shape index (κ3) is 6.76. The number of ether oxygens (including phenoxy) is 1. The van der Waals surface area contributed by atoms with Gasteiger partial charge in [-0.25, -0.2) is 0 Å². The number of nitrogens with one attached hydrogen (secondary N) is 2. The van der Waals surface area contributed by atoms with Crippen molar-refractivity contribution in [3.63, 3.8) is 0 Å². The van der Waals surface area contributed by atoms with Crippen LogP contribution in [0.1, 0.15) is 11.1 Å². The van der Waals surface area contributed by atoms with Gasteiger partial charge in [0.2, 0.25) is 0 Å². The number of benzene rings is 1. The van der Waals surface area contributed by atoms with Gasteiger partial charge >= 0.3 is 0 Å². The van der Waals surface area contributed by atoms with Crippen LogP contribution in [0, 0.1) is 13.8 Å². The highest BCUT2D eigenvalue weighted by molar-refractivity contribution is 5.78. The highest BCUT2D eigenvalue weighted by Gasteiger charge is 2.06. The van der Waals surface area contributed by atoms with Gasteiger partial charge in [0.1, 0.15) is 12.4 Å². The molecule has 6 nitrogen and oxygen atoms in total. The van der Waals surface area contributed by atoms with Gasteiger partial charge < -0.3 is 20.7 Å². The predicted octanol–water partition coefficient (Wildman–Crippen LogP) is -0.892. The number of carbonyl (C=O) groups is 2. The molecule has 116 valence electrons. The van der Waals surface area contributed by atoms with Crippen LogP contribution < -0.4 is 20.7 Å². The second kappa shape index (κ2) is 8.97. The van der Waals surface area contributed by atoms with Crippen molar-refractivity contribution >= 4 is 11.8 Å². The van der Waals surface area contributed by atoms with E-state index < -0.39 is 0 Å². The largest absolute Gasteiger partial charge is 0.491 e. The first-order valence-corrected chi connectivity index (χ1v) is 7.02. The van der Waals surface area contributed by atoms with Crippen molar-refractivity contribution in [3.8, 4) is 5.75 Å². The summed E-state index contributed by atoms with van der Waals surface area (Å²) in [4.78, 5) is 22.5. The van der Waals surface area contributed by atoms with Crippen LogP contribution >= 0.6 is 0 Å². The van der Waals surface area contributed by atoms with Gasteiger partial charge in [-0.15, -0.1) is 0 Å². The smallest absolute Gasteiger partial charge is 0.275 e. The van der Waals surface area contributed by atoms with Crippen LogP contribution in [0.4, 0.5) is 0 Å². The summed E-state index contributed by atoms with van der Waals surface area (Å²) in [6.07, 6.45) is 0. The van der Waals surface area contributed by atoms with Gasteiger partial charge in [-0.1, -0.05) is 17.7 Å². The number of aryl methyl sites for hydroxylation is 2. The Kier molecular flexibility index (Phi) is 7.25. The molecule has 0 fully saturated rings. The van der Waals surface area contributed by atoms with E-state index >= 15 is 0 Å². The molecule has 0 aromatic heterocycles. The van der Waals surface area contributed by atoms with Crippen LogP contribution in [-0.2, 0) is 9.59 Å². The van der Waals surface area contributed by atoms with E-state index in [4.69, 9.17) is 4.74 Å². The fraction of sp³-hybridized carbons (Fsp3) is 0.467. The number of nitrogens with two attached hydrogens (primary N) is 1. The van der Waals surface area contributed by atoms with Crippen molar-refractivity contribution in [1.29, 1.82) is 0 Å². The Labute approximate surface area is 125 Å². The van der Waals surface area contributed by atoms with E-state index in [1.54, 1.807) is 12.4 Å². The summed E-state index contributed by atoms with van der Waals surface area (Å²) in [5, 5.41) is 6.90. The van der Waals surface area contributed by atoms with E-state index in [1.807, 2.05) is 26.0 Å². The molecule has 0 saturated carbocycles. The third-order valence-electron chi connectivity index (χ3n) is 2.95. The van der Waals surface area contributed by atoms with Gasteiger partial charge in [0, 0.05) is 7.05 Å². The second-order valence-corrected chi connectivity index (χ2v) is 4.84. The molecule has 6 heteroatoms. The molecule has 2 amide bonds. The topological polar surface area (TPSA) is 84.0 Å². The summed E-state index contributed by atoms with van der Waals surface area (Å²) in [6.45, 7) is 5.38. The molecule has 21 heavy (non-hydrogen) atoms. The minimum Gasteiger partial charge on any atom is -0.491 e. The Morgan fingerprint density at radius 2 is 1.90 bits per heavy atom. The standard InChI is InChI=1S/C15H23N3O3/c1-11-4-5-13(12(2)8-11)21-7-6-18-15(20)10-17-9-14(19)16-3/h4-5,8,17H,6-7,9-10H2,1-3H3,(H,16,19)(H,18,20)/p+1. The van der Waals surface area contributed by atoms with Crippen molar-refractivity contribution in [2.45, 2.75) is 13.8 Å². The van der Waals surface area contributed by atoms with E-state index in [0.717, 1.165) is 11.3 Å². The first kappa shape index (κ1) is 17.0. The zero-order chi connectivity index (χ0) is 15.7. The molecule has 0 aliphatic rings. The van der Waals surface area contributed by atoms with Crippen LogP contribution in [0.3, 0.4) is 0 Å². The highest BCUT2D eigenvalue weighted by atomic mass is 16.5. The molecule has 1 rings (SSSR count). The lowest BCUT2D eigenvalue weighted by molar-refractivity contribution is -0.633. The molecule has 1 aromatic rings. The molecule has 0 aliphatic carbocycles. The number of likely N-dealkylation sites (N-methyl/N-ethyl adjacent to an activating group) is 1. The number of hydrogen-bond donors (Lipinski definition) is 3. The number of carbonyl (C=O) groups excluding carboxylic acids is 2. The monoisotopic (exact) mass is 294 g/mol. The second-order valence-electron chi connectivity index (χ2n) is 4.84. The van der Waals surface area contributed by atoms with Gasteiger partial charge in [0.15, 0.2) is 13.1 Å². The fourth-order valence-electron chi connectivity index (χ4n) is 1.82. The van der Waals surface area contributed by atoms with Crippen LogP contribution in [0.25, 0.3) is 0 Å². The summed E-state index contributed by atoms with van der Waals surface area (Å²) in [7, 11) is 1.57. The van der Waals surface area contributed by atoms with Gasteiger partial charge in [-0.3, -0.25) is 9.59 Å². The van der Waals surface area contributed by atoms with E-state index in [0.29, 0.717) is 13.2 Å². The van der Waals surface area contributed by atoms with Crippen molar-refractivity contribution in [3.05, 3.63) is 29.3 Å². The fourth-order valence-corrected chi connectivity index (χ4v) is 1.82. The molecule has 0 bridgehead atoms. The molecule has 0 heterocycles. The summed E-state index contributed by atoms with van der Waals surface area (Å²) >= 11 is 0. The summed E-state index contributed by atoms with van der Waals surface area (Å²) < 4.78 is 5.61. The SMILES string of the molecule is CNC(=O)C[NH2+]CC(=O)NCCOc1ccc(C)cc1C. The molecule has 0 atom stereocenters. The molecule has 0 aliphatic heterocycles. The first-order chi connectivity index (χ1) is 10.0. The number of quaternary nitrogens is 1. The molecule has 0 radical (unpaired) electrons. The van der Waals surface area contributed by atoms with Crippen LogP contribution in [0.15, 0.2) is 18.2 Å². The number of rotatable bonds is 8. The number of hydrogen-bond acceptors (Lipinski definition) is 3. The summed E-state index contributed by atoms with van der Waals surface area (Å²) in [5.41, 5.74) is 2.28. The quantitative estimate of drug-likeness (QED) is 0.544. The van der Waals surface area contributed by atoms with Gasteiger partial charge in [-0.2, -0.15) is 0 Å². The van der Waals surface area contributed by atoms with Crippen LogP contribution in [0.2, 0.25) is 0 Å². The molecular formula is C15H24N3O3+. The average Bonchev–Trinajstić information content (AvgIpc) is 2.45. The van der Waals surface area contributed by atoms with E-state index in [-0.39, 0.29) is 24.9 Å². The van der Waals surface area contributed by atoms with Gasteiger partial charge in [-0.05, 0) is 25.5 Å². The van der Waals surface area contributed by atoms with Crippen molar-refractivity contribution in [2.24, 2.45) is 0 Å². The van der Waals surface area contributed by atoms with E-state index in [2.05, 4.69) is 16.7 Å². The normalized spacial score (nSPS) is 10.0. The van der Waals surface area contributed by atoms with E-state index in [9.17, 15) is 9.59 Å². The molecule has 0 spiro atoms. The zero-order valence-corrected chi connectivity index (χ0v) is 12.9. The number of amides is 2. The molecule has 4 N–H and O–H groups in total. The Balaban J connectivity index is 2.16. The van der Waals surface area contributed by atoms with Crippen molar-refractivity contribution in [2.75, 3.05) is 33.3 Å². The van der Waals surface area contributed by atoms with Crippen molar-refractivity contribution < 1.29 is 19.6 Å². The molecule has 0 unspecified atom stereocenters. The van der Waals surface area contributed by atoms with E-state index in [1.165, 1.54) is 5.56 Å². The predicted molar refractivity (Wildman–Crippen MR) is 80.1 cm³/mol. The summed E-state index contributed by atoms with van der Waals surface area (Å²) in [6, 6.07) is 5.99. The van der Waals surface area contributed by atoms with Gasteiger partial charge in [0.05, 0.1) is 6.54 Å². The van der Waals surface area contributed by atoms with Crippen molar-refractivity contribution in [1.82, 2.24) is 10.6 Å². The maximum atomic E-state index is 11.5. The minimum atomic E-state index is -0.108. The highest BCUT2D eigenvalue weighted by Crippen LogP contribution is 2.18. The lowest BCUT2D eigenvalue weighted by atomic mass is 10.1. The zero-order valence-electron chi connectivity index (χ0n) is 12.9. The Hall–Kier alpha value is -2.08. The molecule has 1 aromatic carbocycles. The van der Waals surface area contributed by atoms with Gasteiger partial charge in [0.25, 0.3) is 11.8 Å². The Morgan fingerprint density at radius 1 is 1.19 bits per heavy atom.